The van der Waals surface area contributed by atoms with Crippen molar-refractivity contribution in [2.24, 2.45) is 0 Å². The van der Waals surface area contributed by atoms with E-state index in [2.05, 4.69) is 34.9 Å². The van der Waals surface area contributed by atoms with E-state index in [0.717, 1.165) is 50.3 Å². The number of nitrogens with one attached hydrogen (secondary N) is 2. The quantitative estimate of drug-likeness (QED) is 0.190. The van der Waals surface area contributed by atoms with Crippen LogP contribution in [-0.4, -0.2) is 12.6 Å². The Morgan fingerprint density at radius 3 is 1.77 bits per heavy atom. The van der Waals surface area contributed by atoms with Crippen molar-refractivity contribution in [3.63, 3.8) is 0 Å². The number of thioether (sulfide) groups is 1. The summed E-state index contributed by atoms with van der Waals surface area (Å²) in [7, 11) is 0. The monoisotopic (exact) mass is 544 g/mol. The Kier molecular flexibility index (Phi) is 7.42. The molecule has 0 aliphatic carbocycles. The van der Waals surface area contributed by atoms with Crippen molar-refractivity contribution in [1.29, 1.82) is 0 Å². The summed E-state index contributed by atoms with van der Waals surface area (Å²) in [4.78, 5) is 13.6. The molecule has 40 heavy (non-hydrogen) atoms. The summed E-state index contributed by atoms with van der Waals surface area (Å²) in [5.74, 6) is 1.23. The maximum Gasteiger partial charge on any atom is 0.339 e. The molecule has 6 heteroatoms. The van der Waals surface area contributed by atoms with Gasteiger partial charge in [0.2, 0.25) is 0 Å². The summed E-state index contributed by atoms with van der Waals surface area (Å²) in [6.45, 7) is 2.15. The third-order valence-electron chi connectivity index (χ3n) is 6.56. The van der Waals surface area contributed by atoms with E-state index in [-0.39, 0.29) is 11.2 Å². The zero-order valence-electron chi connectivity index (χ0n) is 22.0. The van der Waals surface area contributed by atoms with Crippen LogP contribution in [0.5, 0.6) is 11.5 Å². The van der Waals surface area contributed by atoms with E-state index in [9.17, 15) is 4.79 Å². The van der Waals surface area contributed by atoms with E-state index in [0.29, 0.717) is 12.2 Å². The second-order valence-electron chi connectivity index (χ2n) is 9.30. The summed E-state index contributed by atoms with van der Waals surface area (Å²) < 4.78 is 11.9. The summed E-state index contributed by atoms with van der Waals surface area (Å²) in [5, 5.41) is 6.84. The van der Waals surface area contributed by atoms with Gasteiger partial charge in [-0.15, -0.1) is 11.8 Å². The van der Waals surface area contributed by atoms with Crippen LogP contribution in [-0.2, 0) is 4.74 Å². The molecule has 198 valence electrons. The van der Waals surface area contributed by atoms with Gasteiger partial charge in [0.15, 0.2) is 0 Å². The fourth-order valence-electron chi connectivity index (χ4n) is 4.70. The van der Waals surface area contributed by atoms with Crippen molar-refractivity contribution in [1.82, 2.24) is 0 Å². The second-order valence-corrected chi connectivity index (χ2v) is 10.5. The lowest BCUT2D eigenvalue weighted by Crippen LogP contribution is -2.10. The fourth-order valence-corrected chi connectivity index (χ4v) is 6.03. The van der Waals surface area contributed by atoms with Gasteiger partial charge in [0, 0.05) is 50.9 Å². The Morgan fingerprint density at radius 1 is 0.700 bits per heavy atom. The molecular weight excluding hydrogens is 516 g/mol. The van der Waals surface area contributed by atoms with E-state index >= 15 is 0 Å². The predicted molar refractivity (Wildman–Crippen MR) is 163 cm³/mol. The molecule has 0 bridgehead atoms. The van der Waals surface area contributed by atoms with Gasteiger partial charge in [0.1, 0.15) is 11.5 Å². The first-order chi connectivity index (χ1) is 19.7. The highest BCUT2D eigenvalue weighted by atomic mass is 32.2. The first-order valence-electron chi connectivity index (χ1n) is 13.2. The number of para-hydroxylation sites is 2. The van der Waals surface area contributed by atoms with Crippen LogP contribution in [0.3, 0.4) is 0 Å². The van der Waals surface area contributed by atoms with Gasteiger partial charge in [0.25, 0.3) is 0 Å². The summed E-state index contributed by atoms with van der Waals surface area (Å²) in [6, 6.07) is 40.1. The SMILES string of the molecule is CCOC(=O)c1ccccc1SC1c2ccc(Nc3ccccc3)cc2Oc2cc(Nc3ccccc3)ccc21. The zero-order chi connectivity index (χ0) is 27.3. The van der Waals surface area contributed by atoms with E-state index < -0.39 is 0 Å². The Hall–Kier alpha value is -4.68. The number of rotatable bonds is 8. The third-order valence-corrected chi connectivity index (χ3v) is 7.92. The van der Waals surface area contributed by atoms with Gasteiger partial charge in [-0.25, -0.2) is 4.79 Å². The van der Waals surface area contributed by atoms with Gasteiger partial charge in [-0.3, -0.25) is 0 Å². The number of carbonyl (C=O) groups is 1. The number of esters is 1. The minimum Gasteiger partial charge on any atom is -0.462 e. The molecule has 0 saturated heterocycles. The maximum atomic E-state index is 12.8. The lowest BCUT2D eigenvalue weighted by Gasteiger charge is -2.29. The molecule has 5 aromatic rings. The first-order valence-corrected chi connectivity index (χ1v) is 14.1. The van der Waals surface area contributed by atoms with Crippen LogP contribution >= 0.6 is 11.8 Å². The molecule has 0 radical (unpaired) electrons. The number of hydrogen-bond donors (Lipinski definition) is 2. The molecule has 0 atom stereocenters. The Balaban J connectivity index is 1.39. The molecule has 0 unspecified atom stereocenters. The van der Waals surface area contributed by atoms with Gasteiger partial charge in [-0.1, -0.05) is 60.7 Å². The number of ether oxygens (including phenoxy) is 2. The highest BCUT2D eigenvalue weighted by Crippen LogP contribution is 2.53. The lowest BCUT2D eigenvalue weighted by atomic mass is 9.98. The minimum atomic E-state index is -0.317. The average molecular weight is 545 g/mol. The molecule has 5 nitrogen and oxygen atoms in total. The highest BCUT2D eigenvalue weighted by molar-refractivity contribution is 7.99. The van der Waals surface area contributed by atoms with Crippen LogP contribution in [0.4, 0.5) is 22.7 Å². The lowest BCUT2D eigenvalue weighted by molar-refractivity contribution is 0.0522. The fraction of sp³-hybridized carbons (Fsp3) is 0.0882. The van der Waals surface area contributed by atoms with Gasteiger partial charge in [-0.2, -0.15) is 0 Å². The molecule has 0 aromatic heterocycles. The van der Waals surface area contributed by atoms with Crippen LogP contribution in [0, 0.1) is 0 Å². The van der Waals surface area contributed by atoms with Crippen LogP contribution in [0.25, 0.3) is 0 Å². The van der Waals surface area contributed by atoms with Crippen LogP contribution in [0.15, 0.2) is 126 Å². The molecule has 0 spiro atoms. The number of fused-ring (bicyclic) bond motifs is 2. The first kappa shape index (κ1) is 25.6. The Labute approximate surface area is 238 Å². The smallest absolute Gasteiger partial charge is 0.339 e. The molecule has 0 saturated carbocycles. The topological polar surface area (TPSA) is 59.6 Å². The Morgan fingerprint density at radius 2 is 1.23 bits per heavy atom. The summed E-state index contributed by atoms with van der Waals surface area (Å²) >= 11 is 1.63. The van der Waals surface area contributed by atoms with Crippen LogP contribution in [0.2, 0.25) is 0 Å². The van der Waals surface area contributed by atoms with Crippen molar-refractivity contribution >= 4 is 40.5 Å². The van der Waals surface area contributed by atoms with Gasteiger partial charge in [0.05, 0.1) is 17.4 Å². The standard InChI is InChI=1S/C34H28N2O3S/c1-2-38-34(37)29-15-9-10-16-32(29)40-33-27-19-17-25(35-23-11-5-3-6-12-23)21-30(27)39-31-22-26(18-20-28(31)33)36-24-13-7-4-8-14-24/h3-22,33,35-36H,2H2,1H3. The minimum absolute atomic E-state index is 0.0918. The molecule has 0 amide bonds. The normalized spacial score (nSPS) is 12.0. The third kappa shape index (κ3) is 5.53. The summed E-state index contributed by atoms with van der Waals surface area (Å²) in [6.07, 6.45) is 0. The number of carbonyl (C=O) groups excluding carboxylic acids is 1. The second kappa shape index (κ2) is 11.6. The van der Waals surface area contributed by atoms with Gasteiger partial charge < -0.3 is 20.1 Å². The van der Waals surface area contributed by atoms with Crippen molar-refractivity contribution < 1.29 is 14.3 Å². The van der Waals surface area contributed by atoms with Crippen molar-refractivity contribution in [3.05, 3.63) is 138 Å². The predicted octanol–water partition coefficient (Wildman–Crippen LogP) is 9.34. The van der Waals surface area contributed by atoms with Crippen LogP contribution < -0.4 is 15.4 Å². The van der Waals surface area contributed by atoms with Gasteiger partial charge in [-0.05, 0) is 55.5 Å². The molecule has 1 heterocycles. The van der Waals surface area contributed by atoms with Crippen molar-refractivity contribution in [2.75, 3.05) is 17.2 Å². The number of anilines is 4. The van der Waals surface area contributed by atoms with E-state index in [1.807, 2.05) is 104 Å². The zero-order valence-corrected chi connectivity index (χ0v) is 22.8. The average Bonchev–Trinajstić information content (AvgIpc) is 2.98. The van der Waals surface area contributed by atoms with Crippen molar-refractivity contribution in [3.8, 4) is 11.5 Å². The van der Waals surface area contributed by atoms with E-state index in [1.54, 1.807) is 11.8 Å². The number of hydrogen-bond acceptors (Lipinski definition) is 6. The molecule has 0 fully saturated rings. The molecular formula is C34H28N2O3S. The molecule has 6 rings (SSSR count). The van der Waals surface area contributed by atoms with E-state index in [1.165, 1.54) is 0 Å². The summed E-state index contributed by atoms with van der Waals surface area (Å²) in [5.41, 5.74) is 6.51. The van der Waals surface area contributed by atoms with Crippen molar-refractivity contribution in [2.45, 2.75) is 17.1 Å². The van der Waals surface area contributed by atoms with Crippen LogP contribution in [0.1, 0.15) is 33.7 Å². The number of benzene rings is 5. The maximum absolute atomic E-state index is 12.8. The molecule has 2 N–H and O–H groups in total. The highest BCUT2D eigenvalue weighted by Gasteiger charge is 2.30. The molecule has 1 aliphatic heterocycles. The largest absolute Gasteiger partial charge is 0.462 e. The Bertz CT molecular complexity index is 1550. The van der Waals surface area contributed by atoms with Gasteiger partial charge >= 0.3 is 5.97 Å². The molecule has 1 aliphatic rings. The van der Waals surface area contributed by atoms with E-state index in [4.69, 9.17) is 9.47 Å². The molecule has 5 aromatic carbocycles.